The molecule has 0 unspecified atom stereocenters. The van der Waals surface area contributed by atoms with E-state index in [2.05, 4.69) is 29.7 Å². The van der Waals surface area contributed by atoms with Crippen molar-refractivity contribution >= 4 is 34.3 Å². The number of nitrogens with one attached hydrogen (secondary N) is 2. The molecular weight excluding hydrogens is 528 g/mol. The molecule has 0 radical (unpaired) electrons. The highest BCUT2D eigenvalue weighted by Crippen LogP contribution is 2.26. The number of unbranched alkanes of at least 4 members (excludes halogenated alkanes) is 3. The monoisotopic (exact) mass is 574 g/mol. The van der Waals surface area contributed by atoms with Crippen LogP contribution in [0, 0.1) is 5.92 Å². The molecule has 0 saturated heterocycles. The van der Waals surface area contributed by atoms with Gasteiger partial charge in [-0.3, -0.25) is 14.4 Å². The van der Waals surface area contributed by atoms with Crippen LogP contribution in [0.25, 0.3) is 10.9 Å². The van der Waals surface area contributed by atoms with E-state index in [0.717, 1.165) is 74.4 Å². The van der Waals surface area contributed by atoms with Crippen LogP contribution in [-0.2, 0) is 22.6 Å². The summed E-state index contributed by atoms with van der Waals surface area (Å²) in [5, 5.41) is 16.0. The summed E-state index contributed by atoms with van der Waals surface area (Å²) in [6, 6.07) is 17.7. The molecule has 3 N–H and O–H groups in total. The number of carbonyl (C=O) groups excluding carboxylic acids is 3. The van der Waals surface area contributed by atoms with Crippen molar-refractivity contribution in [3.05, 3.63) is 65.9 Å². The summed E-state index contributed by atoms with van der Waals surface area (Å²) >= 11 is 0. The normalized spacial score (nSPS) is 16.7. The number of hydrogen-bond donors (Lipinski definition) is 3. The zero-order chi connectivity index (χ0) is 29.9. The topological polar surface area (TPSA) is 104 Å². The standard InChI is InChI=1S/C34H46N4O4/c1-3-25-12-11-14-29(22-25)37(4-2)32(40)24-38-30-15-8-7-13-27(30)23-31(38)34(42)36-28-18-16-26(17-19-28)33(41)35-20-9-5-6-10-21-39/h7-8,11-15,22-23,26,28,39H,3-6,9-10,16-21,24H2,1-2H3,(H,35,41)(H,36,42)/t26-,28-. The van der Waals surface area contributed by atoms with E-state index in [1.807, 2.05) is 54.0 Å². The number of aromatic nitrogens is 1. The summed E-state index contributed by atoms with van der Waals surface area (Å²) in [5.74, 6) is -0.177. The van der Waals surface area contributed by atoms with Crippen LogP contribution in [0.15, 0.2) is 54.6 Å². The molecule has 1 aromatic heterocycles. The maximum atomic E-state index is 13.6. The summed E-state index contributed by atoms with van der Waals surface area (Å²) in [4.78, 5) is 41.6. The molecule has 8 heteroatoms. The molecule has 1 saturated carbocycles. The van der Waals surface area contributed by atoms with Gasteiger partial charge in [0.05, 0.1) is 0 Å². The van der Waals surface area contributed by atoms with Crippen LogP contribution < -0.4 is 15.5 Å². The van der Waals surface area contributed by atoms with Gasteiger partial charge in [-0.15, -0.1) is 0 Å². The van der Waals surface area contributed by atoms with Gasteiger partial charge in [0, 0.05) is 48.2 Å². The average molecular weight is 575 g/mol. The molecule has 0 bridgehead atoms. The van der Waals surface area contributed by atoms with E-state index in [9.17, 15) is 14.4 Å². The molecule has 42 heavy (non-hydrogen) atoms. The number of fused-ring (bicyclic) bond motifs is 1. The predicted octanol–water partition coefficient (Wildman–Crippen LogP) is 5.21. The van der Waals surface area contributed by atoms with Gasteiger partial charge in [0.1, 0.15) is 12.2 Å². The SMILES string of the molecule is CCc1cccc(N(CC)C(=O)Cn2c(C(=O)N[C@H]3CC[C@H](C(=O)NCCCCCCO)CC3)cc3ccccc32)c1. The first-order valence-corrected chi connectivity index (χ1v) is 15.6. The van der Waals surface area contributed by atoms with Crippen LogP contribution >= 0.6 is 0 Å². The lowest BCUT2D eigenvalue weighted by Gasteiger charge is -2.28. The Labute approximate surface area is 249 Å². The van der Waals surface area contributed by atoms with Crippen LogP contribution in [0.5, 0.6) is 0 Å². The summed E-state index contributed by atoms with van der Waals surface area (Å²) in [7, 11) is 0. The van der Waals surface area contributed by atoms with Crippen molar-refractivity contribution in [2.24, 2.45) is 5.92 Å². The van der Waals surface area contributed by atoms with Crippen LogP contribution in [0.1, 0.15) is 81.3 Å². The minimum absolute atomic E-state index is 0.00822. The minimum Gasteiger partial charge on any atom is -0.396 e. The molecule has 0 aliphatic heterocycles. The van der Waals surface area contributed by atoms with Gasteiger partial charge in [-0.1, -0.05) is 50.1 Å². The first kappa shape index (κ1) is 31.3. The molecule has 226 valence electrons. The first-order chi connectivity index (χ1) is 20.4. The number of para-hydroxylation sites is 1. The van der Waals surface area contributed by atoms with E-state index in [1.165, 1.54) is 5.56 Å². The second kappa shape index (κ2) is 15.5. The highest BCUT2D eigenvalue weighted by atomic mass is 16.3. The van der Waals surface area contributed by atoms with E-state index in [1.54, 1.807) is 4.90 Å². The number of hydrogen-bond acceptors (Lipinski definition) is 4. The van der Waals surface area contributed by atoms with Gasteiger partial charge >= 0.3 is 0 Å². The lowest BCUT2D eigenvalue weighted by molar-refractivity contribution is -0.126. The Morgan fingerprint density at radius 1 is 0.929 bits per heavy atom. The fraction of sp³-hybridized carbons (Fsp3) is 0.500. The molecule has 1 aliphatic carbocycles. The third-order valence-corrected chi connectivity index (χ3v) is 8.40. The Balaban J connectivity index is 1.38. The number of amides is 3. The smallest absolute Gasteiger partial charge is 0.268 e. The molecular formula is C34H46N4O4. The largest absolute Gasteiger partial charge is 0.396 e. The lowest BCUT2D eigenvalue weighted by Crippen LogP contribution is -2.42. The number of carbonyl (C=O) groups is 3. The molecule has 1 fully saturated rings. The van der Waals surface area contributed by atoms with Crippen molar-refractivity contribution in [3.8, 4) is 0 Å². The van der Waals surface area contributed by atoms with Crippen LogP contribution in [0.2, 0.25) is 0 Å². The Morgan fingerprint density at radius 2 is 1.69 bits per heavy atom. The number of benzene rings is 2. The second-order valence-corrected chi connectivity index (χ2v) is 11.3. The number of anilines is 1. The van der Waals surface area contributed by atoms with Gasteiger partial charge in [-0.25, -0.2) is 0 Å². The molecule has 3 aromatic rings. The fourth-order valence-electron chi connectivity index (χ4n) is 5.94. The van der Waals surface area contributed by atoms with E-state index in [4.69, 9.17) is 5.11 Å². The van der Waals surface area contributed by atoms with Crippen molar-refractivity contribution < 1.29 is 19.5 Å². The summed E-state index contributed by atoms with van der Waals surface area (Å²) in [6.07, 6.45) is 7.59. The molecule has 0 atom stereocenters. The van der Waals surface area contributed by atoms with Gasteiger partial charge in [0.25, 0.3) is 5.91 Å². The van der Waals surface area contributed by atoms with Crippen molar-refractivity contribution in [1.82, 2.24) is 15.2 Å². The molecule has 8 nitrogen and oxygen atoms in total. The maximum absolute atomic E-state index is 13.6. The molecule has 4 rings (SSSR count). The van der Waals surface area contributed by atoms with Crippen molar-refractivity contribution in [2.75, 3.05) is 24.6 Å². The third kappa shape index (κ3) is 8.00. The van der Waals surface area contributed by atoms with E-state index in [0.29, 0.717) is 18.8 Å². The van der Waals surface area contributed by atoms with Gasteiger partial charge in [0.2, 0.25) is 11.8 Å². The minimum atomic E-state index is -0.189. The van der Waals surface area contributed by atoms with Crippen molar-refractivity contribution in [1.29, 1.82) is 0 Å². The average Bonchev–Trinajstić information content (AvgIpc) is 3.38. The molecule has 2 aromatic carbocycles. The number of rotatable bonds is 14. The Kier molecular flexibility index (Phi) is 11.6. The Morgan fingerprint density at radius 3 is 2.43 bits per heavy atom. The molecule has 3 amide bonds. The zero-order valence-electron chi connectivity index (χ0n) is 25.1. The summed E-state index contributed by atoms with van der Waals surface area (Å²) in [5.41, 5.74) is 3.37. The van der Waals surface area contributed by atoms with Gasteiger partial charge in [-0.05, 0) is 81.7 Å². The quantitative estimate of drug-likeness (QED) is 0.230. The zero-order valence-corrected chi connectivity index (χ0v) is 25.1. The highest BCUT2D eigenvalue weighted by molar-refractivity contribution is 6.01. The third-order valence-electron chi connectivity index (χ3n) is 8.40. The second-order valence-electron chi connectivity index (χ2n) is 11.3. The number of aliphatic hydroxyl groups excluding tert-OH is 1. The Bertz CT molecular complexity index is 1340. The highest BCUT2D eigenvalue weighted by Gasteiger charge is 2.28. The molecule has 0 spiro atoms. The van der Waals surface area contributed by atoms with E-state index in [-0.39, 0.29) is 42.8 Å². The number of aliphatic hydroxyl groups is 1. The maximum Gasteiger partial charge on any atom is 0.268 e. The van der Waals surface area contributed by atoms with Crippen molar-refractivity contribution in [3.63, 3.8) is 0 Å². The lowest BCUT2D eigenvalue weighted by atomic mass is 9.85. The van der Waals surface area contributed by atoms with Gasteiger partial charge in [-0.2, -0.15) is 0 Å². The summed E-state index contributed by atoms with van der Waals surface area (Å²) in [6.45, 7) is 5.55. The number of aryl methyl sites for hydroxylation is 1. The fourth-order valence-corrected chi connectivity index (χ4v) is 5.94. The molecule has 1 heterocycles. The van der Waals surface area contributed by atoms with E-state index >= 15 is 0 Å². The number of nitrogens with zero attached hydrogens (tertiary/aromatic N) is 2. The van der Waals surface area contributed by atoms with Crippen LogP contribution in [0.4, 0.5) is 5.69 Å². The van der Waals surface area contributed by atoms with E-state index < -0.39 is 0 Å². The Hall–Kier alpha value is -3.65. The van der Waals surface area contributed by atoms with Gasteiger partial charge in [0.15, 0.2) is 0 Å². The number of likely N-dealkylation sites (N-methyl/N-ethyl adjacent to an activating group) is 1. The van der Waals surface area contributed by atoms with Crippen LogP contribution in [-0.4, -0.2) is 53.1 Å². The molecule has 1 aliphatic rings. The van der Waals surface area contributed by atoms with Crippen molar-refractivity contribution in [2.45, 2.75) is 84.2 Å². The predicted molar refractivity (Wildman–Crippen MR) is 168 cm³/mol. The van der Waals surface area contributed by atoms with Gasteiger partial charge < -0.3 is 25.2 Å². The van der Waals surface area contributed by atoms with Crippen LogP contribution in [0.3, 0.4) is 0 Å². The summed E-state index contributed by atoms with van der Waals surface area (Å²) < 4.78 is 1.83. The first-order valence-electron chi connectivity index (χ1n) is 15.6.